The zero-order valence-corrected chi connectivity index (χ0v) is 10.4. The molecule has 0 aromatic heterocycles. The Bertz CT molecular complexity index is 468. The van der Waals surface area contributed by atoms with Gasteiger partial charge < -0.3 is 25.4 Å². The third kappa shape index (κ3) is 2.97. The Balaban J connectivity index is 2.15. The number of carbonyl (C=O) groups excluding carboxylic acids is 1. The van der Waals surface area contributed by atoms with Crippen LogP contribution in [0.25, 0.3) is 0 Å². The lowest BCUT2D eigenvalue weighted by molar-refractivity contribution is 0.0125. The fourth-order valence-electron chi connectivity index (χ4n) is 2.10. The van der Waals surface area contributed by atoms with Crippen molar-refractivity contribution < 1.29 is 24.9 Å². The molecule has 2 rings (SSSR count). The number of aromatic hydroxyl groups is 2. The highest BCUT2D eigenvalue weighted by Crippen LogP contribution is 2.25. The molecule has 1 aromatic carbocycles. The lowest BCUT2D eigenvalue weighted by atomic mass is 9.90. The first-order chi connectivity index (χ1) is 9.06. The molecule has 1 aliphatic heterocycles. The number of carbonyl (C=O) groups is 1. The lowest BCUT2D eigenvalue weighted by Gasteiger charge is -2.36. The van der Waals surface area contributed by atoms with Gasteiger partial charge in [0.1, 0.15) is 11.5 Å². The zero-order valence-electron chi connectivity index (χ0n) is 10.4. The number of aliphatic hydroxyl groups is 1. The molecular formula is C13H17NO5. The molecular weight excluding hydrogens is 250 g/mol. The highest BCUT2D eigenvalue weighted by atomic mass is 16.5. The number of ether oxygens (including phenoxy) is 1. The predicted octanol–water partition coefficient (Wildman–Crippen LogP) is 0.369. The second kappa shape index (κ2) is 5.46. The minimum Gasteiger partial charge on any atom is -0.508 e. The van der Waals surface area contributed by atoms with E-state index in [1.165, 1.54) is 12.1 Å². The molecule has 0 saturated carbocycles. The number of phenols is 2. The summed E-state index contributed by atoms with van der Waals surface area (Å²) in [5.74, 6) is -0.886. The number of hydrogen-bond donors (Lipinski definition) is 4. The molecule has 4 N–H and O–H groups in total. The molecule has 6 heteroatoms. The number of nitrogens with one attached hydrogen (secondary N) is 1. The van der Waals surface area contributed by atoms with Crippen LogP contribution in [0.4, 0.5) is 0 Å². The van der Waals surface area contributed by atoms with Gasteiger partial charge in [0.15, 0.2) is 0 Å². The van der Waals surface area contributed by atoms with Gasteiger partial charge in [-0.05, 0) is 25.0 Å². The van der Waals surface area contributed by atoms with Gasteiger partial charge in [-0.3, -0.25) is 4.79 Å². The van der Waals surface area contributed by atoms with Gasteiger partial charge in [0.25, 0.3) is 5.91 Å². The van der Waals surface area contributed by atoms with Crippen LogP contribution in [0.15, 0.2) is 18.2 Å². The third-order valence-electron chi connectivity index (χ3n) is 3.36. The standard InChI is InChI=1S/C13H17NO5/c15-8-13(3-5-19-6-4-13)14-12(18)10-2-1-9(16)7-11(10)17/h1-2,7,15-17H,3-6,8H2,(H,14,18). The normalized spacial score (nSPS) is 17.9. The summed E-state index contributed by atoms with van der Waals surface area (Å²) in [5.41, 5.74) is -0.642. The summed E-state index contributed by atoms with van der Waals surface area (Å²) in [7, 11) is 0. The van der Waals surface area contributed by atoms with E-state index in [-0.39, 0.29) is 23.7 Å². The molecule has 0 radical (unpaired) electrons. The summed E-state index contributed by atoms with van der Waals surface area (Å²) in [6.07, 6.45) is 1.04. The van der Waals surface area contributed by atoms with Gasteiger partial charge in [-0.2, -0.15) is 0 Å². The second-order valence-corrected chi connectivity index (χ2v) is 4.71. The van der Waals surface area contributed by atoms with E-state index in [0.29, 0.717) is 26.1 Å². The molecule has 1 aliphatic rings. The first-order valence-electron chi connectivity index (χ1n) is 6.09. The predicted molar refractivity (Wildman–Crippen MR) is 67.1 cm³/mol. The maximum Gasteiger partial charge on any atom is 0.255 e. The van der Waals surface area contributed by atoms with Crippen LogP contribution in [-0.4, -0.2) is 46.6 Å². The number of phenolic OH excluding ortho intramolecular Hbond substituents is 2. The van der Waals surface area contributed by atoms with Crippen LogP contribution in [0, 0.1) is 0 Å². The molecule has 0 unspecified atom stereocenters. The minimum absolute atomic E-state index is 0.0668. The Morgan fingerprint density at radius 2 is 2.00 bits per heavy atom. The van der Waals surface area contributed by atoms with Crippen LogP contribution in [0.1, 0.15) is 23.2 Å². The van der Waals surface area contributed by atoms with E-state index in [9.17, 15) is 20.1 Å². The molecule has 0 atom stereocenters. The van der Waals surface area contributed by atoms with Crippen LogP contribution in [0.3, 0.4) is 0 Å². The van der Waals surface area contributed by atoms with Crippen LogP contribution < -0.4 is 5.32 Å². The summed E-state index contributed by atoms with van der Waals surface area (Å²) in [5, 5.41) is 31.1. The van der Waals surface area contributed by atoms with Crippen LogP contribution in [-0.2, 0) is 4.74 Å². The van der Waals surface area contributed by atoms with Crippen LogP contribution in [0.2, 0.25) is 0 Å². The van der Waals surface area contributed by atoms with Crippen LogP contribution >= 0.6 is 0 Å². The first-order valence-corrected chi connectivity index (χ1v) is 6.09. The molecule has 1 fully saturated rings. The highest BCUT2D eigenvalue weighted by molar-refractivity contribution is 5.97. The van der Waals surface area contributed by atoms with Crippen molar-refractivity contribution >= 4 is 5.91 Å². The largest absolute Gasteiger partial charge is 0.508 e. The number of rotatable bonds is 3. The van der Waals surface area contributed by atoms with Crippen LogP contribution in [0.5, 0.6) is 11.5 Å². The van der Waals surface area contributed by atoms with E-state index in [4.69, 9.17) is 4.74 Å². The van der Waals surface area contributed by atoms with E-state index >= 15 is 0 Å². The number of aliphatic hydroxyl groups excluding tert-OH is 1. The van der Waals surface area contributed by atoms with Crippen molar-refractivity contribution in [3.63, 3.8) is 0 Å². The smallest absolute Gasteiger partial charge is 0.255 e. The first kappa shape index (κ1) is 13.6. The van der Waals surface area contributed by atoms with Gasteiger partial charge in [0, 0.05) is 19.3 Å². The lowest BCUT2D eigenvalue weighted by Crippen LogP contribution is -2.54. The molecule has 1 amide bonds. The van der Waals surface area contributed by atoms with Gasteiger partial charge in [-0.25, -0.2) is 0 Å². The number of hydrogen-bond acceptors (Lipinski definition) is 5. The Morgan fingerprint density at radius 3 is 2.58 bits per heavy atom. The summed E-state index contributed by atoms with van der Waals surface area (Å²) < 4.78 is 5.21. The summed E-state index contributed by atoms with van der Waals surface area (Å²) in [6.45, 7) is 0.770. The molecule has 0 bridgehead atoms. The van der Waals surface area contributed by atoms with Crippen molar-refractivity contribution in [2.24, 2.45) is 0 Å². The molecule has 6 nitrogen and oxygen atoms in total. The monoisotopic (exact) mass is 267 g/mol. The summed E-state index contributed by atoms with van der Waals surface area (Å²) in [6, 6.07) is 3.76. The fourth-order valence-corrected chi connectivity index (χ4v) is 2.10. The molecule has 0 spiro atoms. The van der Waals surface area contributed by atoms with Crippen molar-refractivity contribution in [3.8, 4) is 11.5 Å². The van der Waals surface area contributed by atoms with Gasteiger partial charge in [-0.1, -0.05) is 0 Å². The third-order valence-corrected chi connectivity index (χ3v) is 3.36. The van der Waals surface area contributed by atoms with E-state index in [1.54, 1.807) is 0 Å². The quantitative estimate of drug-likeness (QED) is 0.634. The molecule has 19 heavy (non-hydrogen) atoms. The molecule has 104 valence electrons. The summed E-state index contributed by atoms with van der Waals surface area (Å²) >= 11 is 0. The van der Waals surface area contributed by atoms with Crippen molar-refractivity contribution in [2.75, 3.05) is 19.8 Å². The zero-order chi connectivity index (χ0) is 13.9. The maximum atomic E-state index is 12.1. The number of benzene rings is 1. The average molecular weight is 267 g/mol. The topological polar surface area (TPSA) is 99.0 Å². The van der Waals surface area contributed by atoms with E-state index < -0.39 is 11.4 Å². The molecule has 1 aromatic rings. The Morgan fingerprint density at radius 1 is 1.32 bits per heavy atom. The fraction of sp³-hybridized carbons (Fsp3) is 0.462. The average Bonchev–Trinajstić information content (AvgIpc) is 2.39. The van der Waals surface area contributed by atoms with Crippen molar-refractivity contribution in [1.82, 2.24) is 5.32 Å². The minimum atomic E-state index is -0.709. The van der Waals surface area contributed by atoms with Gasteiger partial charge in [0.2, 0.25) is 0 Å². The Kier molecular flexibility index (Phi) is 3.92. The Hall–Kier alpha value is -1.79. The van der Waals surface area contributed by atoms with Crippen molar-refractivity contribution in [3.05, 3.63) is 23.8 Å². The molecule has 1 heterocycles. The van der Waals surface area contributed by atoms with Gasteiger partial charge in [0.05, 0.1) is 17.7 Å². The van der Waals surface area contributed by atoms with Crippen molar-refractivity contribution in [2.45, 2.75) is 18.4 Å². The summed E-state index contributed by atoms with van der Waals surface area (Å²) in [4.78, 5) is 12.1. The Labute approximate surface area is 110 Å². The SMILES string of the molecule is O=C(NC1(CO)CCOCC1)c1ccc(O)cc1O. The van der Waals surface area contributed by atoms with Gasteiger partial charge in [-0.15, -0.1) is 0 Å². The van der Waals surface area contributed by atoms with Gasteiger partial charge >= 0.3 is 0 Å². The van der Waals surface area contributed by atoms with E-state index in [2.05, 4.69) is 5.32 Å². The highest BCUT2D eigenvalue weighted by Gasteiger charge is 2.34. The number of amides is 1. The van der Waals surface area contributed by atoms with E-state index in [0.717, 1.165) is 6.07 Å². The molecule has 0 aliphatic carbocycles. The van der Waals surface area contributed by atoms with Crippen molar-refractivity contribution in [1.29, 1.82) is 0 Å². The second-order valence-electron chi connectivity index (χ2n) is 4.71. The van der Waals surface area contributed by atoms with E-state index in [1.807, 2.05) is 0 Å². The maximum absolute atomic E-state index is 12.1. The molecule has 1 saturated heterocycles.